The minimum absolute atomic E-state index is 0.226. The summed E-state index contributed by atoms with van der Waals surface area (Å²) in [6.45, 7) is 4.04. The molecule has 4 rings (SSSR count). The van der Waals surface area contributed by atoms with Gasteiger partial charge in [0, 0.05) is 31.9 Å². The van der Waals surface area contributed by atoms with Crippen molar-refractivity contribution in [1.29, 1.82) is 0 Å². The van der Waals surface area contributed by atoms with E-state index in [1.165, 1.54) is 0 Å². The second-order valence-electron chi connectivity index (χ2n) is 8.97. The molecule has 4 amide bonds. The first kappa shape index (κ1) is 22.0. The Labute approximate surface area is 188 Å². The van der Waals surface area contributed by atoms with Crippen molar-refractivity contribution in [2.24, 2.45) is 0 Å². The van der Waals surface area contributed by atoms with E-state index in [2.05, 4.69) is 5.10 Å². The second-order valence-corrected chi connectivity index (χ2v) is 8.97. The van der Waals surface area contributed by atoms with Crippen LogP contribution in [-0.2, 0) is 16.1 Å². The lowest BCUT2D eigenvalue weighted by Gasteiger charge is -2.35. The summed E-state index contributed by atoms with van der Waals surface area (Å²) in [4.78, 5) is 43.3. The molecule has 2 fully saturated rings. The molecule has 0 N–H and O–H groups in total. The third-order valence-corrected chi connectivity index (χ3v) is 7.04. The van der Waals surface area contributed by atoms with Crippen molar-refractivity contribution in [3.8, 4) is 5.69 Å². The van der Waals surface area contributed by atoms with Gasteiger partial charge in [-0.05, 0) is 38.8 Å². The van der Waals surface area contributed by atoms with Gasteiger partial charge in [0.25, 0.3) is 5.91 Å². The van der Waals surface area contributed by atoms with Gasteiger partial charge in [0.2, 0.25) is 5.91 Å². The molecule has 1 aliphatic carbocycles. The zero-order valence-corrected chi connectivity index (χ0v) is 19.3. The molecule has 1 saturated carbocycles. The molecule has 2 aromatic rings. The molecular formula is C24H31N5O3. The fourth-order valence-corrected chi connectivity index (χ4v) is 4.98. The van der Waals surface area contributed by atoms with Gasteiger partial charge in [-0.3, -0.25) is 14.5 Å². The molecule has 170 valence electrons. The summed E-state index contributed by atoms with van der Waals surface area (Å²) in [6, 6.07) is 9.48. The maximum Gasteiger partial charge on any atom is 0.327 e. The van der Waals surface area contributed by atoms with Crippen molar-refractivity contribution in [2.75, 3.05) is 20.6 Å². The molecule has 1 saturated heterocycles. The Morgan fingerprint density at radius 2 is 1.75 bits per heavy atom. The predicted molar refractivity (Wildman–Crippen MR) is 120 cm³/mol. The Hall–Kier alpha value is -3.16. The molecule has 0 radical (unpaired) electrons. The number of aromatic nitrogens is 2. The summed E-state index contributed by atoms with van der Waals surface area (Å²) in [5.41, 5.74) is 2.97. The van der Waals surface area contributed by atoms with E-state index in [0.29, 0.717) is 19.4 Å². The van der Waals surface area contributed by atoms with Gasteiger partial charge in [0.15, 0.2) is 0 Å². The van der Waals surface area contributed by atoms with E-state index in [9.17, 15) is 14.4 Å². The minimum Gasteiger partial charge on any atom is -0.340 e. The smallest absolute Gasteiger partial charge is 0.327 e. The highest BCUT2D eigenvalue weighted by atomic mass is 16.2. The molecule has 8 heteroatoms. The number of carbonyl (C=O) groups excluding carboxylic acids is 3. The van der Waals surface area contributed by atoms with Crippen LogP contribution in [0.15, 0.2) is 30.3 Å². The van der Waals surface area contributed by atoms with Gasteiger partial charge in [-0.25, -0.2) is 9.48 Å². The van der Waals surface area contributed by atoms with E-state index in [1.54, 1.807) is 23.9 Å². The topological polar surface area (TPSA) is 78.8 Å². The van der Waals surface area contributed by atoms with Gasteiger partial charge in [0.1, 0.15) is 12.1 Å². The number of urea groups is 1. The average molecular weight is 438 g/mol. The lowest BCUT2D eigenvalue weighted by Crippen LogP contribution is -2.49. The lowest BCUT2D eigenvalue weighted by molar-refractivity contribution is -0.140. The van der Waals surface area contributed by atoms with E-state index in [0.717, 1.165) is 46.8 Å². The monoisotopic (exact) mass is 437 g/mol. The van der Waals surface area contributed by atoms with Crippen LogP contribution in [0.25, 0.3) is 5.69 Å². The highest BCUT2D eigenvalue weighted by molar-refractivity contribution is 6.08. The van der Waals surface area contributed by atoms with Crippen molar-refractivity contribution in [2.45, 2.75) is 58.0 Å². The molecule has 1 aromatic heterocycles. The van der Waals surface area contributed by atoms with Crippen LogP contribution < -0.4 is 0 Å². The number of hydrogen-bond acceptors (Lipinski definition) is 4. The van der Waals surface area contributed by atoms with Crippen molar-refractivity contribution in [3.63, 3.8) is 0 Å². The minimum atomic E-state index is -0.766. The number of nitrogens with zero attached hydrogens (tertiary/aromatic N) is 5. The number of rotatable bonds is 5. The Balaban J connectivity index is 1.48. The summed E-state index contributed by atoms with van der Waals surface area (Å²) < 4.78 is 1.87. The standard InChI is InChI=1S/C24H31N5O3/c1-17-20(18(2)29(25-17)19-11-7-5-8-12-19)15-26(3)21(30)16-28-22(31)24(27(4)23(28)32)13-9-6-10-14-24/h5,7-8,11-12H,6,9-10,13-16H2,1-4H3. The first-order chi connectivity index (χ1) is 15.3. The summed E-state index contributed by atoms with van der Waals surface area (Å²) in [6.07, 6.45) is 4.27. The molecule has 0 bridgehead atoms. The van der Waals surface area contributed by atoms with Gasteiger partial charge in [-0.1, -0.05) is 37.5 Å². The van der Waals surface area contributed by atoms with Crippen LogP contribution in [0.4, 0.5) is 4.79 Å². The third kappa shape index (κ3) is 3.57. The number of amides is 4. The van der Waals surface area contributed by atoms with Crippen molar-refractivity contribution in [3.05, 3.63) is 47.3 Å². The Morgan fingerprint density at radius 1 is 1.09 bits per heavy atom. The summed E-state index contributed by atoms with van der Waals surface area (Å²) in [5.74, 6) is -0.491. The zero-order valence-electron chi connectivity index (χ0n) is 19.3. The number of para-hydroxylation sites is 1. The van der Waals surface area contributed by atoms with Gasteiger partial charge in [-0.2, -0.15) is 5.10 Å². The van der Waals surface area contributed by atoms with Gasteiger partial charge in [0.05, 0.1) is 11.4 Å². The zero-order chi connectivity index (χ0) is 23.0. The van der Waals surface area contributed by atoms with Gasteiger partial charge < -0.3 is 9.80 Å². The maximum absolute atomic E-state index is 13.2. The van der Waals surface area contributed by atoms with E-state index in [4.69, 9.17) is 0 Å². The maximum atomic E-state index is 13.2. The van der Waals surface area contributed by atoms with Gasteiger partial charge >= 0.3 is 6.03 Å². The van der Waals surface area contributed by atoms with Crippen LogP contribution in [0.5, 0.6) is 0 Å². The number of benzene rings is 1. The SMILES string of the molecule is Cc1nn(-c2ccccc2)c(C)c1CN(C)C(=O)CN1C(=O)N(C)C2(CCCCC2)C1=O. The fraction of sp³-hybridized carbons (Fsp3) is 0.500. The molecule has 2 heterocycles. The number of carbonyl (C=O) groups is 3. The first-order valence-corrected chi connectivity index (χ1v) is 11.2. The van der Waals surface area contributed by atoms with E-state index >= 15 is 0 Å². The number of imide groups is 1. The predicted octanol–water partition coefficient (Wildman–Crippen LogP) is 3.04. The third-order valence-electron chi connectivity index (χ3n) is 7.04. The number of likely N-dealkylation sites (N-methyl/N-ethyl adjacent to an activating group) is 2. The molecular weight excluding hydrogens is 406 g/mol. The number of hydrogen-bond donors (Lipinski definition) is 0. The molecule has 1 aromatic carbocycles. The van der Waals surface area contributed by atoms with Crippen LogP contribution in [0, 0.1) is 13.8 Å². The molecule has 1 aliphatic heterocycles. The van der Waals surface area contributed by atoms with Crippen molar-refractivity contribution >= 4 is 17.8 Å². The average Bonchev–Trinajstić information content (AvgIpc) is 3.17. The second kappa shape index (κ2) is 8.41. The van der Waals surface area contributed by atoms with Crippen LogP contribution >= 0.6 is 0 Å². The van der Waals surface area contributed by atoms with Crippen LogP contribution in [0.2, 0.25) is 0 Å². The largest absolute Gasteiger partial charge is 0.340 e. The normalized spacial score (nSPS) is 18.0. The summed E-state index contributed by atoms with van der Waals surface area (Å²) in [5, 5.41) is 4.64. The number of aryl methyl sites for hydroxylation is 1. The Bertz CT molecular complexity index is 1040. The molecule has 0 atom stereocenters. The molecule has 0 unspecified atom stereocenters. The van der Waals surface area contributed by atoms with E-state index < -0.39 is 5.54 Å². The van der Waals surface area contributed by atoms with Crippen LogP contribution in [0.3, 0.4) is 0 Å². The lowest BCUT2D eigenvalue weighted by atomic mass is 9.81. The molecule has 32 heavy (non-hydrogen) atoms. The molecule has 2 aliphatic rings. The Morgan fingerprint density at radius 3 is 2.41 bits per heavy atom. The van der Waals surface area contributed by atoms with E-state index in [-0.39, 0.29) is 24.4 Å². The fourth-order valence-electron chi connectivity index (χ4n) is 4.98. The van der Waals surface area contributed by atoms with Crippen LogP contribution in [-0.4, -0.2) is 68.5 Å². The Kier molecular flexibility index (Phi) is 5.79. The highest BCUT2D eigenvalue weighted by Crippen LogP contribution is 2.39. The van der Waals surface area contributed by atoms with Crippen molar-refractivity contribution in [1.82, 2.24) is 24.5 Å². The van der Waals surface area contributed by atoms with E-state index in [1.807, 2.05) is 48.9 Å². The summed E-state index contributed by atoms with van der Waals surface area (Å²) >= 11 is 0. The molecule has 8 nitrogen and oxygen atoms in total. The highest BCUT2D eigenvalue weighted by Gasteiger charge is 2.55. The van der Waals surface area contributed by atoms with Gasteiger partial charge in [-0.15, -0.1) is 0 Å². The first-order valence-electron chi connectivity index (χ1n) is 11.2. The van der Waals surface area contributed by atoms with Crippen LogP contribution in [0.1, 0.15) is 49.1 Å². The summed E-state index contributed by atoms with van der Waals surface area (Å²) in [7, 11) is 3.39. The quantitative estimate of drug-likeness (QED) is 0.674. The molecule has 1 spiro atoms. The van der Waals surface area contributed by atoms with Crippen molar-refractivity contribution < 1.29 is 14.4 Å².